The van der Waals surface area contributed by atoms with Gasteiger partial charge in [-0.2, -0.15) is 4.98 Å². The van der Waals surface area contributed by atoms with Gasteiger partial charge in [0.25, 0.3) is 6.01 Å². The summed E-state index contributed by atoms with van der Waals surface area (Å²) in [6, 6.07) is 20.2. The van der Waals surface area contributed by atoms with Crippen LogP contribution in [0.4, 0.5) is 11.7 Å². The summed E-state index contributed by atoms with van der Waals surface area (Å²) in [6.45, 7) is 2.50. The molecule has 174 valence electrons. The first-order chi connectivity index (χ1) is 16.4. The summed E-state index contributed by atoms with van der Waals surface area (Å²) >= 11 is 0. The number of ether oxygens (including phenoxy) is 1. The molecule has 8 nitrogen and oxygen atoms in total. The van der Waals surface area contributed by atoms with Gasteiger partial charge in [-0.15, -0.1) is 0 Å². The normalized spacial score (nSPS) is 10.8. The monoisotopic (exact) mass is 459 g/mol. The van der Waals surface area contributed by atoms with Gasteiger partial charge in [0.15, 0.2) is 5.58 Å². The minimum atomic E-state index is -1.06. The number of oxazole rings is 1. The number of rotatable bonds is 9. The molecule has 1 amide bonds. The lowest BCUT2D eigenvalue weighted by atomic mass is 10.1. The van der Waals surface area contributed by atoms with E-state index in [1.54, 1.807) is 30.1 Å². The van der Waals surface area contributed by atoms with Gasteiger partial charge in [-0.05, 0) is 48.4 Å². The van der Waals surface area contributed by atoms with Crippen LogP contribution in [0.1, 0.15) is 21.5 Å². The number of aromatic carboxylic acids is 1. The van der Waals surface area contributed by atoms with Crippen molar-refractivity contribution < 1.29 is 23.8 Å². The van der Waals surface area contributed by atoms with Crippen LogP contribution >= 0.6 is 0 Å². The fraction of sp³-hybridized carbons (Fsp3) is 0.192. The van der Waals surface area contributed by atoms with Gasteiger partial charge >= 0.3 is 5.97 Å². The molecule has 3 aromatic carbocycles. The van der Waals surface area contributed by atoms with E-state index in [1.807, 2.05) is 49.4 Å². The van der Waals surface area contributed by atoms with Gasteiger partial charge in [-0.1, -0.05) is 36.4 Å². The lowest BCUT2D eigenvalue weighted by molar-refractivity contribution is -0.129. The molecule has 0 saturated carbocycles. The highest BCUT2D eigenvalue weighted by molar-refractivity contribution is 5.90. The number of hydrogen-bond acceptors (Lipinski definition) is 6. The molecule has 0 bridgehead atoms. The zero-order valence-corrected chi connectivity index (χ0v) is 18.9. The molecule has 1 aromatic heterocycles. The average molecular weight is 460 g/mol. The number of nitrogens with one attached hydrogen (secondary N) is 1. The standard InChI is InChI=1S/C26H25N3O5/c1-17-7-3-5-9-20(17)27-26-28-21-12-11-18(15-23(21)34-26)16-24(30)29(2)13-14-33-22-10-6-4-8-19(22)25(31)32/h3-12,15H,13-14,16H2,1-2H3,(H,27,28)(H,31,32). The number of hydrogen-bond donors (Lipinski definition) is 2. The van der Waals surface area contributed by atoms with E-state index in [0.29, 0.717) is 23.7 Å². The molecule has 0 unspecified atom stereocenters. The van der Waals surface area contributed by atoms with Crippen LogP contribution in [0.15, 0.2) is 71.1 Å². The Hall–Kier alpha value is -4.33. The summed E-state index contributed by atoms with van der Waals surface area (Å²) in [5.41, 5.74) is 4.19. The third-order valence-electron chi connectivity index (χ3n) is 5.42. The molecule has 2 N–H and O–H groups in total. The number of aromatic nitrogens is 1. The topological polar surface area (TPSA) is 105 Å². The Balaban J connectivity index is 1.35. The summed E-state index contributed by atoms with van der Waals surface area (Å²) in [5.74, 6) is -0.867. The molecule has 0 atom stereocenters. The Kier molecular flexibility index (Phi) is 6.77. The van der Waals surface area contributed by atoms with Crippen molar-refractivity contribution in [2.75, 3.05) is 25.5 Å². The first-order valence-corrected chi connectivity index (χ1v) is 10.8. The second kappa shape index (κ2) is 10.1. The smallest absolute Gasteiger partial charge is 0.339 e. The van der Waals surface area contributed by atoms with Gasteiger partial charge < -0.3 is 24.5 Å². The van der Waals surface area contributed by atoms with Gasteiger partial charge in [0, 0.05) is 12.7 Å². The molecule has 4 aromatic rings. The molecule has 0 spiro atoms. The number of aryl methyl sites for hydroxylation is 1. The number of benzene rings is 3. The predicted octanol–water partition coefficient (Wildman–Crippen LogP) is 4.66. The number of carboxylic acid groups (broad SMARTS) is 1. The second-order valence-corrected chi connectivity index (χ2v) is 7.90. The summed E-state index contributed by atoms with van der Waals surface area (Å²) < 4.78 is 11.4. The van der Waals surface area contributed by atoms with Crippen LogP contribution < -0.4 is 10.1 Å². The van der Waals surface area contributed by atoms with E-state index in [0.717, 1.165) is 16.8 Å². The van der Waals surface area contributed by atoms with E-state index in [4.69, 9.17) is 9.15 Å². The molecule has 34 heavy (non-hydrogen) atoms. The maximum absolute atomic E-state index is 12.7. The first-order valence-electron chi connectivity index (χ1n) is 10.8. The predicted molar refractivity (Wildman–Crippen MR) is 129 cm³/mol. The van der Waals surface area contributed by atoms with Gasteiger partial charge in [0.2, 0.25) is 5.91 Å². The Bertz CT molecular complexity index is 1330. The average Bonchev–Trinajstić information content (AvgIpc) is 3.22. The maximum Gasteiger partial charge on any atom is 0.339 e. The summed E-state index contributed by atoms with van der Waals surface area (Å²) in [4.78, 5) is 30.0. The van der Waals surface area contributed by atoms with Crippen molar-refractivity contribution >= 4 is 34.7 Å². The van der Waals surface area contributed by atoms with Gasteiger partial charge in [0.05, 0.1) is 13.0 Å². The Morgan fingerprint density at radius 3 is 2.65 bits per heavy atom. The van der Waals surface area contributed by atoms with E-state index < -0.39 is 5.97 Å². The highest BCUT2D eigenvalue weighted by atomic mass is 16.5. The van der Waals surface area contributed by atoms with Crippen molar-refractivity contribution in [3.05, 3.63) is 83.4 Å². The van der Waals surface area contributed by atoms with Crippen molar-refractivity contribution in [3.8, 4) is 5.75 Å². The van der Waals surface area contributed by atoms with Crippen LogP contribution in [0.25, 0.3) is 11.1 Å². The summed E-state index contributed by atoms with van der Waals surface area (Å²) in [7, 11) is 1.69. The van der Waals surface area contributed by atoms with E-state index in [-0.39, 0.29) is 30.2 Å². The number of nitrogens with zero attached hydrogens (tertiary/aromatic N) is 2. The number of para-hydroxylation sites is 2. The minimum Gasteiger partial charge on any atom is -0.491 e. The number of anilines is 2. The van der Waals surface area contributed by atoms with E-state index in [2.05, 4.69) is 10.3 Å². The van der Waals surface area contributed by atoms with Crippen LogP contribution in [0.3, 0.4) is 0 Å². The summed E-state index contributed by atoms with van der Waals surface area (Å²) in [6.07, 6.45) is 0.194. The van der Waals surface area contributed by atoms with Gasteiger partial charge in [-0.25, -0.2) is 4.79 Å². The number of likely N-dealkylation sites (N-methyl/N-ethyl adjacent to an activating group) is 1. The fourth-order valence-electron chi connectivity index (χ4n) is 3.46. The third kappa shape index (κ3) is 5.35. The Morgan fingerprint density at radius 1 is 1.09 bits per heavy atom. The Labute approximate surface area is 196 Å². The van der Waals surface area contributed by atoms with Crippen molar-refractivity contribution in [1.82, 2.24) is 9.88 Å². The maximum atomic E-state index is 12.7. The van der Waals surface area contributed by atoms with Crippen LogP contribution in [0.5, 0.6) is 5.75 Å². The van der Waals surface area contributed by atoms with Crippen molar-refractivity contribution in [2.45, 2.75) is 13.3 Å². The van der Waals surface area contributed by atoms with Crippen LogP contribution in [0, 0.1) is 6.92 Å². The van der Waals surface area contributed by atoms with Crippen LogP contribution in [-0.2, 0) is 11.2 Å². The Morgan fingerprint density at radius 2 is 1.85 bits per heavy atom. The molecular formula is C26H25N3O5. The highest BCUT2D eigenvalue weighted by Gasteiger charge is 2.14. The summed E-state index contributed by atoms with van der Waals surface area (Å²) in [5, 5.41) is 12.4. The third-order valence-corrected chi connectivity index (χ3v) is 5.42. The van der Waals surface area contributed by atoms with Crippen molar-refractivity contribution in [2.24, 2.45) is 0 Å². The molecule has 0 fully saturated rings. The SMILES string of the molecule is Cc1ccccc1Nc1nc2ccc(CC(=O)N(C)CCOc3ccccc3C(=O)O)cc2o1. The minimum absolute atomic E-state index is 0.0905. The lowest BCUT2D eigenvalue weighted by Crippen LogP contribution is -2.32. The molecule has 0 aliphatic heterocycles. The van der Waals surface area contributed by atoms with E-state index in [9.17, 15) is 14.7 Å². The number of carbonyl (C=O) groups is 2. The number of amides is 1. The first kappa shape index (κ1) is 22.8. The van der Waals surface area contributed by atoms with Crippen LogP contribution in [0.2, 0.25) is 0 Å². The van der Waals surface area contributed by atoms with Gasteiger partial charge in [0.1, 0.15) is 23.4 Å². The number of carboxylic acids is 1. The number of carbonyl (C=O) groups excluding carboxylic acids is 1. The second-order valence-electron chi connectivity index (χ2n) is 7.90. The molecule has 0 radical (unpaired) electrons. The molecule has 0 aliphatic carbocycles. The van der Waals surface area contributed by atoms with E-state index >= 15 is 0 Å². The fourth-order valence-corrected chi connectivity index (χ4v) is 3.46. The molecule has 8 heteroatoms. The van der Waals surface area contributed by atoms with E-state index in [1.165, 1.54) is 6.07 Å². The molecule has 0 saturated heterocycles. The molecule has 1 heterocycles. The molecule has 0 aliphatic rings. The highest BCUT2D eigenvalue weighted by Crippen LogP contribution is 2.25. The molecular weight excluding hydrogens is 434 g/mol. The zero-order valence-electron chi connectivity index (χ0n) is 18.9. The molecule has 4 rings (SSSR count). The largest absolute Gasteiger partial charge is 0.491 e. The lowest BCUT2D eigenvalue weighted by Gasteiger charge is -2.18. The van der Waals surface area contributed by atoms with Gasteiger partial charge in [-0.3, -0.25) is 4.79 Å². The number of fused-ring (bicyclic) bond motifs is 1. The van der Waals surface area contributed by atoms with Crippen molar-refractivity contribution in [1.29, 1.82) is 0 Å². The van der Waals surface area contributed by atoms with Crippen LogP contribution in [-0.4, -0.2) is 47.1 Å². The quantitative estimate of drug-likeness (QED) is 0.375. The zero-order chi connectivity index (χ0) is 24.1. The van der Waals surface area contributed by atoms with Crippen molar-refractivity contribution in [3.63, 3.8) is 0 Å².